The van der Waals surface area contributed by atoms with E-state index in [1.54, 1.807) is 6.92 Å². The van der Waals surface area contributed by atoms with Crippen molar-refractivity contribution in [2.45, 2.75) is 58.0 Å². The first-order valence-electron chi connectivity index (χ1n) is 11.6. The largest absolute Gasteiger partial charge is 0.371 e. The highest BCUT2D eigenvalue weighted by Gasteiger charge is 2.25. The van der Waals surface area contributed by atoms with Gasteiger partial charge in [0, 0.05) is 30.2 Å². The van der Waals surface area contributed by atoms with Gasteiger partial charge in [0.25, 0.3) is 5.91 Å². The first-order chi connectivity index (χ1) is 15.7. The third-order valence-electron chi connectivity index (χ3n) is 6.37. The number of para-hydroxylation sites is 1. The Morgan fingerprint density at radius 1 is 1.06 bits per heavy atom. The molecule has 0 radical (unpaired) electrons. The highest BCUT2D eigenvalue weighted by Crippen LogP contribution is 2.26. The van der Waals surface area contributed by atoms with Crippen molar-refractivity contribution in [2.75, 3.05) is 18.0 Å². The van der Waals surface area contributed by atoms with Gasteiger partial charge in [-0.05, 0) is 48.9 Å². The zero-order valence-corrected chi connectivity index (χ0v) is 19.8. The van der Waals surface area contributed by atoms with Crippen LogP contribution in [-0.2, 0) is 10.2 Å². The maximum Gasteiger partial charge on any atom is 0.273 e. The molecule has 7 heteroatoms. The van der Waals surface area contributed by atoms with Gasteiger partial charge in [0.1, 0.15) is 6.04 Å². The van der Waals surface area contributed by atoms with Crippen molar-refractivity contribution >= 4 is 28.4 Å². The minimum Gasteiger partial charge on any atom is -0.371 e. The van der Waals surface area contributed by atoms with Crippen LogP contribution in [0, 0.1) is 0 Å². The standard InChI is InChI=1S/C26H33N5O2/c1-17(27-25(33)23-21-7-5-6-8-22(21)29-30-23)24(32)28-19-13-15-31(16-14-19)20-11-9-18(10-12-20)26(2,3)4/h5-12,17,19H,13-16H2,1-4H3,(H,27,33)(H,28,32)(H,29,30). The molecule has 3 aromatic rings. The number of amides is 2. The maximum absolute atomic E-state index is 12.7. The number of carbonyl (C=O) groups excluding carboxylic acids is 2. The van der Waals surface area contributed by atoms with Gasteiger partial charge in [-0.2, -0.15) is 5.10 Å². The van der Waals surface area contributed by atoms with Crippen molar-refractivity contribution in [1.29, 1.82) is 0 Å². The summed E-state index contributed by atoms with van der Waals surface area (Å²) in [7, 11) is 0. The van der Waals surface area contributed by atoms with Crippen LogP contribution in [0.3, 0.4) is 0 Å². The first-order valence-corrected chi connectivity index (χ1v) is 11.6. The number of benzene rings is 2. The van der Waals surface area contributed by atoms with Gasteiger partial charge in [0.2, 0.25) is 5.91 Å². The van der Waals surface area contributed by atoms with E-state index in [9.17, 15) is 9.59 Å². The predicted octanol–water partition coefficient (Wildman–Crippen LogP) is 3.76. The Balaban J connectivity index is 1.27. The second-order valence-electron chi connectivity index (χ2n) is 9.88. The molecule has 0 bridgehead atoms. The van der Waals surface area contributed by atoms with E-state index in [1.165, 1.54) is 11.3 Å². The number of rotatable bonds is 5. The molecule has 174 valence electrons. The Morgan fingerprint density at radius 3 is 2.39 bits per heavy atom. The highest BCUT2D eigenvalue weighted by molar-refractivity contribution is 6.05. The lowest BCUT2D eigenvalue weighted by atomic mass is 9.87. The van der Waals surface area contributed by atoms with Gasteiger partial charge in [-0.1, -0.05) is 51.1 Å². The molecule has 0 aliphatic carbocycles. The second kappa shape index (κ2) is 9.25. The molecule has 3 N–H and O–H groups in total. The summed E-state index contributed by atoms with van der Waals surface area (Å²) in [6.07, 6.45) is 1.74. The lowest BCUT2D eigenvalue weighted by molar-refractivity contribution is -0.123. The van der Waals surface area contributed by atoms with Gasteiger partial charge in [-0.15, -0.1) is 0 Å². The van der Waals surface area contributed by atoms with Crippen LogP contribution >= 0.6 is 0 Å². The summed E-state index contributed by atoms with van der Waals surface area (Å²) < 4.78 is 0. The normalized spacial score (nSPS) is 15.9. The average molecular weight is 448 g/mol. The number of anilines is 1. The van der Waals surface area contributed by atoms with E-state index in [0.717, 1.165) is 36.8 Å². The zero-order valence-electron chi connectivity index (χ0n) is 19.8. The molecular formula is C26H33N5O2. The fourth-order valence-corrected chi connectivity index (χ4v) is 4.25. The van der Waals surface area contributed by atoms with Crippen LogP contribution in [0.2, 0.25) is 0 Å². The summed E-state index contributed by atoms with van der Waals surface area (Å²) in [6.45, 7) is 10.1. The molecule has 1 atom stereocenters. The molecule has 1 unspecified atom stereocenters. The van der Waals surface area contributed by atoms with Crippen molar-refractivity contribution in [3.8, 4) is 0 Å². The number of nitrogens with one attached hydrogen (secondary N) is 3. The fourth-order valence-electron chi connectivity index (χ4n) is 4.25. The molecule has 1 saturated heterocycles. The van der Waals surface area contributed by atoms with Crippen molar-refractivity contribution in [3.63, 3.8) is 0 Å². The van der Waals surface area contributed by atoms with Crippen LogP contribution in [0.25, 0.3) is 10.9 Å². The molecule has 1 fully saturated rings. The summed E-state index contributed by atoms with van der Waals surface area (Å²) in [5.74, 6) is -0.528. The van der Waals surface area contributed by atoms with Crippen LogP contribution in [0.4, 0.5) is 5.69 Å². The van der Waals surface area contributed by atoms with Crippen molar-refractivity contribution in [2.24, 2.45) is 0 Å². The van der Waals surface area contributed by atoms with E-state index in [1.807, 2.05) is 24.3 Å². The van der Waals surface area contributed by atoms with Crippen molar-refractivity contribution < 1.29 is 9.59 Å². The molecule has 0 spiro atoms. The molecule has 7 nitrogen and oxygen atoms in total. The van der Waals surface area contributed by atoms with E-state index in [2.05, 4.69) is 70.8 Å². The molecule has 1 aliphatic heterocycles. The van der Waals surface area contributed by atoms with Crippen LogP contribution in [0.15, 0.2) is 48.5 Å². The summed E-state index contributed by atoms with van der Waals surface area (Å²) in [4.78, 5) is 27.7. The van der Waals surface area contributed by atoms with Gasteiger partial charge in [-0.25, -0.2) is 0 Å². The summed E-state index contributed by atoms with van der Waals surface area (Å²) >= 11 is 0. The number of aromatic amines is 1. The number of aromatic nitrogens is 2. The molecule has 2 heterocycles. The predicted molar refractivity (Wildman–Crippen MR) is 132 cm³/mol. The van der Waals surface area contributed by atoms with Crippen molar-refractivity contribution in [1.82, 2.24) is 20.8 Å². The molecule has 2 aromatic carbocycles. The van der Waals surface area contributed by atoms with Gasteiger partial charge < -0.3 is 15.5 Å². The Kier molecular flexibility index (Phi) is 6.40. The molecular weight excluding hydrogens is 414 g/mol. The van der Waals surface area contributed by atoms with Crippen LogP contribution in [0.1, 0.15) is 56.6 Å². The number of H-pyrrole nitrogens is 1. The van der Waals surface area contributed by atoms with E-state index < -0.39 is 6.04 Å². The Hall–Kier alpha value is -3.35. The number of hydrogen-bond donors (Lipinski definition) is 3. The van der Waals surface area contributed by atoms with Gasteiger partial charge in [0.15, 0.2) is 5.69 Å². The maximum atomic E-state index is 12.7. The summed E-state index contributed by atoms with van der Waals surface area (Å²) in [5.41, 5.74) is 3.79. The van der Waals surface area contributed by atoms with E-state index >= 15 is 0 Å². The number of hydrogen-bond acceptors (Lipinski definition) is 4. The third kappa shape index (κ3) is 5.18. The third-order valence-corrected chi connectivity index (χ3v) is 6.37. The Labute approximate surface area is 194 Å². The zero-order chi connectivity index (χ0) is 23.6. The topological polar surface area (TPSA) is 90.1 Å². The fraction of sp³-hybridized carbons (Fsp3) is 0.423. The van der Waals surface area contributed by atoms with Crippen LogP contribution in [-0.4, -0.2) is 47.2 Å². The SMILES string of the molecule is CC(NC(=O)c1n[nH]c2ccccc12)C(=O)NC1CCN(c2ccc(C(C)(C)C)cc2)CC1. The Morgan fingerprint density at radius 2 is 1.73 bits per heavy atom. The van der Waals surface area contributed by atoms with Crippen LogP contribution < -0.4 is 15.5 Å². The average Bonchev–Trinajstić information content (AvgIpc) is 3.23. The monoisotopic (exact) mass is 447 g/mol. The molecule has 1 aliphatic rings. The van der Waals surface area contributed by atoms with Crippen LogP contribution in [0.5, 0.6) is 0 Å². The van der Waals surface area contributed by atoms with E-state index in [4.69, 9.17) is 0 Å². The van der Waals surface area contributed by atoms with E-state index in [-0.39, 0.29) is 23.3 Å². The lowest BCUT2D eigenvalue weighted by Crippen LogP contribution is -2.51. The molecule has 0 saturated carbocycles. The molecule has 2 amide bonds. The quantitative estimate of drug-likeness (QED) is 0.555. The Bertz CT molecular complexity index is 1120. The number of carbonyl (C=O) groups is 2. The summed E-state index contributed by atoms with van der Waals surface area (Å²) in [6, 6.07) is 15.7. The molecule has 1 aromatic heterocycles. The number of piperidine rings is 1. The first kappa shape index (κ1) is 22.8. The lowest BCUT2D eigenvalue weighted by Gasteiger charge is -2.34. The number of nitrogens with zero attached hydrogens (tertiary/aromatic N) is 2. The highest BCUT2D eigenvalue weighted by atomic mass is 16.2. The van der Waals surface area contributed by atoms with Crippen molar-refractivity contribution in [3.05, 3.63) is 59.8 Å². The van der Waals surface area contributed by atoms with E-state index in [0.29, 0.717) is 5.69 Å². The van der Waals surface area contributed by atoms with Gasteiger partial charge >= 0.3 is 0 Å². The minimum atomic E-state index is -0.643. The molecule has 4 rings (SSSR count). The second-order valence-corrected chi connectivity index (χ2v) is 9.88. The van der Waals surface area contributed by atoms with Gasteiger partial charge in [-0.3, -0.25) is 14.7 Å². The number of fused-ring (bicyclic) bond motifs is 1. The summed E-state index contributed by atoms with van der Waals surface area (Å²) in [5, 5.41) is 13.6. The minimum absolute atomic E-state index is 0.105. The molecule has 33 heavy (non-hydrogen) atoms. The van der Waals surface area contributed by atoms with Gasteiger partial charge in [0.05, 0.1) is 5.52 Å². The smallest absolute Gasteiger partial charge is 0.273 e.